The number of carbonyl (C=O) groups excluding carboxylic acids is 1. The molecular formula is C16H13Cl3O3. The van der Waals surface area contributed by atoms with Gasteiger partial charge in [0, 0.05) is 20.6 Å². The van der Waals surface area contributed by atoms with Gasteiger partial charge >= 0.3 is 5.97 Å². The fraction of sp³-hybridized carbons (Fsp3) is 0.188. The monoisotopic (exact) mass is 358 g/mol. The normalized spacial score (nSPS) is 11.8. The van der Waals surface area contributed by atoms with Gasteiger partial charge in [0.1, 0.15) is 12.4 Å². The highest BCUT2D eigenvalue weighted by atomic mass is 35.5. The quantitative estimate of drug-likeness (QED) is 0.692. The minimum absolute atomic E-state index is 0.00828. The van der Waals surface area contributed by atoms with Crippen LogP contribution in [0.25, 0.3) is 0 Å². The van der Waals surface area contributed by atoms with Crippen LogP contribution in [-0.4, -0.2) is 12.1 Å². The molecule has 0 spiro atoms. The van der Waals surface area contributed by atoms with Gasteiger partial charge in [0.05, 0.1) is 0 Å². The van der Waals surface area contributed by atoms with E-state index in [9.17, 15) is 4.79 Å². The second kappa shape index (κ2) is 7.73. The fourth-order valence-corrected chi connectivity index (χ4v) is 2.33. The van der Waals surface area contributed by atoms with Gasteiger partial charge in [-0.2, -0.15) is 0 Å². The maximum absolute atomic E-state index is 12.0. The second-order valence-corrected chi connectivity index (χ2v) is 5.77. The maximum Gasteiger partial charge on any atom is 0.347 e. The summed E-state index contributed by atoms with van der Waals surface area (Å²) < 4.78 is 10.7. The lowest BCUT2D eigenvalue weighted by molar-refractivity contribution is -0.152. The van der Waals surface area contributed by atoms with Crippen molar-refractivity contribution in [3.05, 3.63) is 63.1 Å². The number of rotatable bonds is 5. The number of halogens is 3. The first kappa shape index (κ1) is 16.9. The first-order chi connectivity index (χ1) is 10.5. The largest absolute Gasteiger partial charge is 0.479 e. The SMILES string of the molecule is CC(Oc1ccc(Cl)cc1)C(=O)OCc1c(Cl)cccc1Cl. The zero-order chi connectivity index (χ0) is 16.1. The third-order valence-electron chi connectivity index (χ3n) is 2.88. The molecule has 2 rings (SSSR count). The molecule has 0 fully saturated rings. The van der Waals surface area contributed by atoms with Crippen LogP contribution in [0.1, 0.15) is 12.5 Å². The molecular weight excluding hydrogens is 347 g/mol. The van der Waals surface area contributed by atoms with E-state index in [1.807, 2.05) is 0 Å². The molecule has 0 N–H and O–H groups in total. The number of hydrogen-bond donors (Lipinski definition) is 0. The Morgan fingerprint density at radius 1 is 1.05 bits per heavy atom. The van der Waals surface area contributed by atoms with Crippen LogP contribution < -0.4 is 4.74 Å². The van der Waals surface area contributed by atoms with Gasteiger partial charge in [0.2, 0.25) is 0 Å². The van der Waals surface area contributed by atoms with Crippen molar-refractivity contribution in [1.29, 1.82) is 0 Å². The fourth-order valence-electron chi connectivity index (χ4n) is 1.70. The Bertz CT molecular complexity index is 636. The average molecular weight is 360 g/mol. The van der Waals surface area contributed by atoms with Gasteiger partial charge in [-0.1, -0.05) is 40.9 Å². The third-order valence-corrected chi connectivity index (χ3v) is 3.84. The number of benzene rings is 2. The van der Waals surface area contributed by atoms with Gasteiger partial charge in [-0.3, -0.25) is 0 Å². The minimum Gasteiger partial charge on any atom is -0.479 e. The van der Waals surface area contributed by atoms with Crippen molar-refractivity contribution >= 4 is 40.8 Å². The van der Waals surface area contributed by atoms with E-state index >= 15 is 0 Å². The molecule has 0 aliphatic rings. The van der Waals surface area contributed by atoms with Crippen molar-refractivity contribution in [2.45, 2.75) is 19.6 Å². The summed E-state index contributed by atoms with van der Waals surface area (Å²) in [4.78, 5) is 12.0. The summed E-state index contributed by atoms with van der Waals surface area (Å²) in [5.74, 6) is 0.0237. The molecule has 0 amide bonds. The highest BCUT2D eigenvalue weighted by Crippen LogP contribution is 2.25. The van der Waals surface area contributed by atoms with E-state index in [4.69, 9.17) is 44.3 Å². The molecule has 116 valence electrons. The predicted molar refractivity (Wildman–Crippen MR) is 87.8 cm³/mol. The molecule has 0 aromatic heterocycles. The van der Waals surface area contributed by atoms with E-state index in [-0.39, 0.29) is 6.61 Å². The lowest BCUT2D eigenvalue weighted by Crippen LogP contribution is -2.26. The first-order valence-electron chi connectivity index (χ1n) is 6.49. The second-order valence-electron chi connectivity index (χ2n) is 4.52. The average Bonchev–Trinajstić information content (AvgIpc) is 2.48. The maximum atomic E-state index is 12.0. The van der Waals surface area contributed by atoms with Crippen molar-refractivity contribution in [3.8, 4) is 5.75 Å². The molecule has 0 bridgehead atoms. The highest BCUT2D eigenvalue weighted by Gasteiger charge is 2.17. The van der Waals surface area contributed by atoms with Crippen LogP contribution in [0.4, 0.5) is 0 Å². The van der Waals surface area contributed by atoms with Crippen LogP contribution in [0.2, 0.25) is 15.1 Å². The Balaban J connectivity index is 1.93. The van der Waals surface area contributed by atoms with Crippen LogP contribution in [-0.2, 0) is 16.1 Å². The smallest absolute Gasteiger partial charge is 0.347 e. The van der Waals surface area contributed by atoms with E-state index in [2.05, 4.69) is 0 Å². The lowest BCUT2D eigenvalue weighted by Gasteiger charge is -2.15. The summed E-state index contributed by atoms with van der Waals surface area (Å²) in [6, 6.07) is 11.8. The number of ether oxygens (including phenoxy) is 2. The van der Waals surface area contributed by atoms with Crippen molar-refractivity contribution in [3.63, 3.8) is 0 Å². The van der Waals surface area contributed by atoms with E-state index in [0.717, 1.165) is 0 Å². The summed E-state index contributed by atoms with van der Waals surface area (Å²) in [6.45, 7) is 1.59. The van der Waals surface area contributed by atoms with E-state index in [1.54, 1.807) is 49.4 Å². The molecule has 0 radical (unpaired) electrons. The zero-order valence-corrected chi connectivity index (χ0v) is 14.0. The summed E-state index contributed by atoms with van der Waals surface area (Å²) >= 11 is 17.8. The Kier molecular flexibility index (Phi) is 5.95. The van der Waals surface area contributed by atoms with E-state index in [1.165, 1.54) is 0 Å². The topological polar surface area (TPSA) is 35.5 Å². The first-order valence-corrected chi connectivity index (χ1v) is 7.62. The molecule has 0 aliphatic carbocycles. The molecule has 1 unspecified atom stereocenters. The third kappa shape index (κ3) is 4.54. The van der Waals surface area contributed by atoms with Crippen LogP contribution in [0.3, 0.4) is 0 Å². The van der Waals surface area contributed by atoms with Gasteiger partial charge in [0.15, 0.2) is 6.10 Å². The molecule has 22 heavy (non-hydrogen) atoms. The Morgan fingerprint density at radius 2 is 1.64 bits per heavy atom. The lowest BCUT2D eigenvalue weighted by atomic mass is 10.2. The molecule has 2 aromatic rings. The Morgan fingerprint density at radius 3 is 2.23 bits per heavy atom. The van der Waals surface area contributed by atoms with Crippen LogP contribution in [0.5, 0.6) is 5.75 Å². The molecule has 2 aromatic carbocycles. The highest BCUT2D eigenvalue weighted by molar-refractivity contribution is 6.36. The minimum atomic E-state index is -0.762. The van der Waals surface area contributed by atoms with Crippen LogP contribution >= 0.6 is 34.8 Å². The van der Waals surface area contributed by atoms with Gasteiger partial charge < -0.3 is 9.47 Å². The van der Waals surface area contributed by atoms with Crippen molar-refractivity contribution in [1.82, 2.24) is 0 Å². The van der Waals surface area contributed by atoms with E-state index in [0.29, 0.717) is 26.4 Å². The van der Waals surface area contributed by atoms with Crippen LogP contribution in [0, 0.1) is 0 Å². The van der Waals surface area contributed by atoms with Gasteiger partial charge in [0.25, 0.3) is 0 Å². The standard InChI is InChI=1S/C16H13Cl3O3/c1-10(22-12-7-5-11(17)6-8-12)16(20)21-9-13-14(18)3-2-4-15(13)19/h2-8,10H,9H2,1H3. The van der Waals surface area contributed by atoms with Crippen LogP contribution in [0.15, 0.2) is 42.5 Å². The van der Waals surface area contributed by atoms with Crippen molar-refractivity contribution in [2.75, 3.05) is 0 Å². The molecule has 3 nitrogen and oxygen atoms in total. The molecule has 0 heterocycles. The molecule has 0 aliphatic heterocycles. The summed E-state index contributed by atoms with van der Waals surface area (Å²) in [7, 11) is 0. The molecule has 0 saturated carbocycles. The number of carbonyl (C=O) groups is 1. The predicted octanol–water partition coefficient (Wildman–Crippen LogP) is 5.16. The van der Waals surface area contributed by atoms with E-state index < -0.39 is 12.1 Å². The van der Waals surface area contributed by atoms with Gasteiger partial charge in [-0.25, -0.2) is 4.79 Å². The molecule has 6 heteroatoms. The van der Waals surface area contributed by atoms with Crippen molar-refractivity contribution in [2.24, 2.45) is 0 Å². The van der Waals surface area contributed by atoms with Crippen molar-refractivity contribution < 1.29 is 14.3 Å². The Hall–Kier alpha value is -1.42. The zero-order valence-electron chi connectivity index (χ0n) is 11.7. The number of hydrogen-bond acceptors (Lipinski definition) is 3. The summed E-state index contributed by atoms with van der Waals surface area (Å²) in [5.41, 5.74) is 0.567. The molecule has 0 saturated heterocycles. The number of esters is 1. The Labute approximate surface area is 143 Å². The van der Waals surface area contributed by atoms with Gasteiger partial charge in [-0.15, -0.1) is 0 Å². The molecule has 1 atom stereocenters. The van der Waals surface area contributed by atoms with Gasteiger partial charge in [-0.05, 0) is 43.3 Å². The summed E-state index contributed by atoms with van der Waals surface area (Å²) in [5, 5.41) is 1.49. The summed E-state index contributed by atoms with van der Waals surface area (Å²) in [6.07, 6.45) is -0.762.